The fraction of sp³-hybridized carbons (Fsp3) is 0.667. The van der Waals surface area contributed by atoms with Gasteiger partial charge in [0, 0.05) is 24.3 Å². The van der Waals surface area contributed by atoms with Crippen LogP contribution >= 0.6 is 11.6 Å². The third kappa shape index (κ3) is 3.06. The van der Waals surface area contributed by atoms with Crippen molar-refractivity contribution in [1.29, 1.82) is 0 Å². The average Bonchev–Trinajstić information content (AvgIpc) is 2.08. The molecule has 0 N–H and O–H groups in total. The highest BCUT2D eigenvalue weighted by molar-refractivity contribution is 6.31. The van der Waals surface area contributed by atoms with E-state index in [9.17, 15) is 0 Å². The van der Waals surface area contributed by atoms with E-state index in [4.69, 9.17) is 11.6 Å². The van der Waals surface area contributed by atoms with Crippen LogP contribution in [-0.2, 0) is 0 Å². The fourth-order valence-corrected chi connectivity index (χ4v) is 2.09. The lowest BCUT2D eigenvalue weighted by atomic mass is 9.97. The monoisotopic (exact) mass is 213 g/mol. The second-order valence-corrected chi connectivity index (χ2v) is 5.01. The van der Waals surface area contributed by atoms with Crippen LogP contribution in [-0.4, -0.2) is 18.5 Å². The van der Waals surface area contributed by atoms with Gasteiger partial charge in [0.05, 0.1) is 0 Å². The van der Waals surface area contributed by atoms with Gasteiger partial charge in [0.2, 0.25) is 0 Å². The Balaban J connectivity index is 2.69. The molecule has 80 valence electrons. The molecule has 1 aliphatic rings. The number of rotatable bonds is 3. The first kappa shape index (κ1) is 11.6. The van der Waals surface area contributed by atoms with E-state index in [2.05, 4.69) is 44.9 Å². The van der Waals surface area contributed by atoms with Gasteiger partial charge in [-0.2, -0.15) is 0 Å². The molecule has 0 heterocycles. The van der Waals surface area contributed by atoms with Gasteiger partial charge < -0.3 is 4.90 Å². The molecule has 0 radical (unpaired) electrons. The first-order valence-electron chi connectivity index (χ1n) is 5.29. The SMILES string of the molecule is CC(C)CN(C)C1=CC(Cl)=CCC1C. The Labute approximate surface area is 92.4 Å². The molecule has 0 aromatic carbocycles. The van der Waals surface area contributed by atoms with Crippen LogP contribution < -0.4 is 0 Å². The standard InChI is InChI=1S/C12H20ClN/c1-9(2)8-14(4)12-7-11(13)6-5-10(12)3/h6-7,9-10H,5,8H2,1-4H3. The normalized spacial score (nSPS) is 22.0. The van der Waals surface area contributed by atoms with E-state index in [1.807, 2.05) is 0 Å². The first-order valence-corrected chi connectivity index (χ1v) is 5.67. The Kier molecular flexibility index (Phi) is 4.06. The van der Waals surface area contributed by atoms with Crippen LogP contribution in [0, 0.1) is 11.8 Å². The molecule has 0 fully saturated rings. The van der Waals surface area contributed by atoms with Crippen molar-refractivity contribution < 1.29 is 0 Å². The maximum absolute atomic E-state index is 6.02. The molecular formula is C12H20ClN. The summed E-state index contributed by atoms with van der Waals surface area (Å²) in [5.41, 5.74) is 1.37. The second kappa shape index (κ2) is 4.88. The lowest BCUT2D eigenvalue weighted by molar-refractivity contribution is 0.324. The minimum absolute atomic E-state index is 0.598. The topological polar surface area (TPSA) is 3.24 Å². The molecule has 1 atom stereocenters. The molecule has 1 unspecified atom stereocenters. The van der Waals surface area contributed by atoms with Gasteiger partial charge in [0.25, 0.3) is 0 Å². The number of allylic oxidation sites excluding steroid dienone is 4. The molecule has 0 aromatic rings. The summed E-state index contributed by atoms with van der Waals surface area (Å²) in [6, 6.07) is 0. The summed E-state index contributed by atoms with van der Waals surface area (Å²) in [6.07, 6.45) is 5.25. The Morgan fingerprint density at radius 2 is 2.21 bits per heavy atom. The van der Waals surface area contributed by atoms with Crippen LogP contribution in [0.1, 0.15) is 27.2 Å². The molecule has 0 saturated carbocycles. The van der Waals surface area contributed by atoms with Crippen molar-refractivity contribution in [3.8, 4) is 0 Å². The summed E-state index contributed by atoms with van der Waals surface area (Å²) >= 11 is 6.02. The smallest absolute Gasteiger partial charge is 0.0383 e. The largest absolute Gasteiger partial charge is 0.377 e. The van der Waals surface area contributed by atoms with Gasteiger partial charge in [-0.3, -0.25) is 0 Å². The van der Waals surface area contributed by atoms with Gasteiger partial charge in [-0.05, 0) is 24.3 Å². The van der Waals surface area contributed by atoms with Crippen molar-refractivity contribution in [3.05, 3.63) is 22.9 Å². The molecular weight excluding hydrogens is 194 g/mol. The highest BCUT2D eigenvalue weighted by Gasteiger charge is 2.16. The predicted octanol–water partition coefficient (Wildman–Crippen LogP) is 3.62. The first-order chi connectivity index (χ1) is 6.50. The predicted molar refractivity (Wildman–Crippen MR) is 63.3 cm³/mol. The highest BCUT2D eigenvalue weighted by atomic mass is 35.5. The molecule has 0 spiro atoms. The summed E-state index contributed by atoms with van der Waals surface area (Å²) in [6.45, 7) is 7.83. The summed E-state index contributed by atoms with van der Waals surface area (Å²) < 4.78 is 0. The van der Waals surface area contributed by atoms with Gasteiger partial charge in [-0.25, -0.2) is 0 Å². The molecule has 0 aromatic heterocycles. The van der Waals surface area contributed by atoms with Crippen LogP contribution in [0.25, 0.3) is 0 Å². The fourth-order valence-electron chi connectivity index (χ4n) is 1.89. The van der Waals surface area contributed by atoms with Gasteiger partial charge in [0.15, 0.2) is 0 Å². The van der Waals surface area contributed by atoms with Crippen LogP contribution in [0.3, 0.4) is 0 Å². The molecule has 2 heteroatoms. The lowest BCUT2D eigenvalue weighted by Gasteiger charge is -2.30. The third-order valence-corrected chi connectivity index (χ3v) is 2.80. The maximum Gasteiger partial charge on any atom is 0.0383 e. The van der Waals surface area contributed by atoms with Crippen LogP contribution in [0.4, 0.5) is 0 Å². The Morgan fingerprint density at radius 1 is 1.57 bits per heavy atom. The van der Waals surface area contributed by atoms with E-state index in [0.717, 1.165) is 18.0 Å². The molecule has 1 rings (SSSR count). The zero-order chi connectivity index (χ0) is 10.7. The lowest BCUT2D eigenvalue weighted by Crippen LogP contribution is -2.27. The highest BCUT2D eigenvalue weighted by Crippen LogP contribution is 2.27. The number of halogens is 1. The molecule has 0 bridgehead atoms. The zero-order valence-electron chi connectivity index (χ0n) is 9.55. The summed E-state index contributed by atoms with van der Waals surface area (Å²) in [4.78, 5) is 2.32. The molecule has 0 saturated heterocycles. The van der Waals surface area contributed by atoms with Crippen molar-refractivity contribution in [1.82, 2.24) is 4.90 Å². The van der Waals surface area contributed by atoms with Crippen LogP contribution in [0.2, 0.25) is 0 Å². The van der Waals surface area contributed by atoms with E-state index < -0.39 is 0 Å². The molecule has 0 aliphatic heterocycles. The van der Waals surface area contributed by atoms with Crippen molar-refractivity contribution in [2.75, 3.05) is 13.6 Å². The van der Waals surface area contributed by atoms with Crippen molar-refractivity contribution in [2.24, 2.45) is 11.8 Å². The van der Waals surface area contributed by atoms with Gasteiger partial charge in [0.1, 0.15) is 0 Å². The number of hydrogen-bond acceptors (Lipinski definition) is 1. The number of nitrogens with zero attached hydrogens (tertiary/aromatic N) is 1. The van der Waals surface area contributed by atoms with E-state index in [1.54, 1.807) is 0 Å². The Hall–Kier alpha value is -0.430. The zero-order valence-corrected chi connectivity index (χ0v) is 10.3. The van der Waals surface area contributed by atoms with Crippen LogP contribution in [0.15, 0.2) is 22.9 Å². The quantitative estimate of drug-likeness (QED) is 0.692. The van der Waals surface area contributed by atoms with Crippen molar-refractivity contribution in [2.45, 2.75) is 27.2 Å². The third-order valence-electron chi connectivity index (χ3n) is 2.54. The summed E-state index contributed by atoms with van der Waals surface area (Å²) in [7, 11) is 2.15. The van der Waals surface area contributed by atoms with Gasteiger partial charge in [-0.1, -0.05) is 38.4 Å². The summed E-state index contributed by atoms with van der Waals surface area (Å²) in [5, 5.41) is 0.883. The number of hydrogen-bond donors (Lipinski definition) is 0. The Morgan fingerprint density at radius 3 is 2.79 bits per heavy atom. The molecule has 14 heavy (non-hydrogen) atoms. The minimum atomic E-state index is 0.598. The average molecular weight is 214 g/mol. The van der Waals surface area contributed by atoms with Crippen LogP contribution in [0.5, 0.6) is 0 Å². The van der Waals surface area contributed by atoms with E-state index in [0.29, 0.717) is 11.8 Å². The Bertz CT molecular complexity index is 253. The second-order valence-electron chi connectivity index (χ2n) is 4.57. The van der Waals surface area contributed by atoms with E-state index in [-0.39, 0.29) is 0 Å². The molecule has 1 aliphatic carbocycles. The molecule has 0 amide bonds. The molecule has 1 nitrogen and oxygen atoms in total. The van der Waals surface area contributed by atoms with Gasteiger partial charge in [-0.15, -0.1) is 0 Å². The van der Waals surface area contributed by atoms with E-state index >= 15 is 0 Å². The minimum Gasteiger partial charge on any atom is -0.377 e. The van der Waals surface area contributed by atoms with Crippen molar-refractivity contribution >= 4 is 11.6 Å². The summed E-state index contributed by atoms with van der Waals surface area (Å²) in [5.74, 6) is 1.29. The maximum atomic E-state index is 6.02. The van der Waals surface area contributed by atoms with Crippen molar-refractivity contribution in [3.63, 3.8) is 0 Å². The van der Waals surface area contributed by atoms with Gasteiger partial charge >= 0.3 is 0 Å². The van der Waals surface area contributed by atoms with E-state index in [1.165, 1.54) is 5.70 Å².